The number of nitro benzene ring substituents is 1. The molecule has 2 heterocycles. The average molecular weight is 432 g/mol. The number of aryl methyl sites for hydroxylation is 1. The van der Waals surface area contributed by atoms with E-state index in [0.29, 0.717) is 16.5 Å². The number of nitrogens with one attached hydrogen (secondary N) is 1. The molecule has 0 radical (unpaired) electrons. The van der Waals surface area contributed by atoms with Gasteiger partial charge in [0.1, 0.15) is 10.7 Å². The number of carbonyl (C=O) groups is 1. The van der Waals surface area contributed by atoms with Crippen LogP contribution in [0.5, 0.6) is 0 Å². The van der Waals surface area contributed by atoms with E-state index in [0.717, 1.165) is 69.1 Å². The molecule has 0 bridgehead atoms. The number of hydrogen-bond donors (Lipinski definition) is 2. The number of carboxylic acids is 1. The number of nitro groups is 1. The molecule has 0 spiro atoms. The van der Waals surface area contributed by atoms with Crippen LogP contribution in [0.2, 0.25) is 0 Å². The number of aromatic amines is 1. The molecule has 3 rings (SSSR count). The van der Waals surface area contributed by atoms with Crippen LogP contribution in [0, 0.1) is 10.1 Å². The van der Waals surface area contributed by atoms with Crippen molar-refractivity contribution < 1.29 is 14.8 Å². The van der Waals surface area contributed by atoms with E-state index in [-0.39, 0.29) is 10.6 Å². The lowest BCUT2D eigenvalue weighted by Crippen LogP contribution is -2.24. The van der Waals surface area contributed by atoms with Gasteiger partial charge >= 0.3 is 5.97 Å². The standard InChI is InChI=1S/C20H25N5O4S/c1-2-7-18-21-20(23-22-18)30-17(19(26)27)13-14-12-15(25(28)29)8-9-16(14)24-10-5-3-4-6-11-24/h8-9,12-13H,2-7,10-11H2,1H3,(H,26,27)(H,21,22,23)/b17-13+. The first-order chi connectivity index (χ1) is 14.5. The summed E-state index contributed by atoms with van der Waals surface area (Å²) in [4.78, 5) is 29.2. The fourth-order valence-corrected chi connectivity index (χ4v) is 4.13. The van der Waals surface area contributed by atoms with Crippen LogP contribution in [0.4, 0.5) is 11.4 Å². The maximum atomic E-state index is 11.9. The Kier molecular flexibility index (Phi) is 7.45. The summed E-state index contributed by atoms with van der Waals surface area (Å²) < 4.78 is 0. The van der Waals surface area contributed by atoms with Gasteiger partial charge in [0.05, 0.1) is 4.92 Å². The Hall–Kier alpha value is -2.88. The molecule has 9 nitrogen and oxygen atoms in total. The van der Waals surface area contributed by atoms with E-state index in [2.05, 4.69) is 20.1 Å². The molecule has 2 aromatic rings. The van der Waals surface area contributed by atoms with Crippen molar-refractivity contribution in [2.45, 2.75) is 50.6 Å². The van der Waals surface area contributed by atoms with E-state index in [9.17, 15) is 20.0 Å². The first-order valence-electron chi connectivity index (χ1n) is 10.1. The molecule has 0 atom stereocenters. The second-order valence-corrected chi connectivity index (χ2v) is 8.14. The number of carboxylic acid groups (broad SMARTS) is 1. The Bertz CT molecular complexity index is 935. The molecule has 1 aromatic heterocycles. The number of H-pyrrole nitrogens is 1. The van der Waals surface area contributed by atoms with Gasteiger partial charge in [-0.3, -0.25) is 15.2 Å². The van der Waals surface area contributed by atoms with Crippen LogP contribution in [0.25, 0.3) is 6.08 Å². The molecular weight excluding hydrogens is 406 g/mol. The van der Waals surface area contributed by atoms with Gasteiger partial charge in [-0.1, -0.05) is 19.8 Å². The average Bonchev–Trinajstić information content (AvgIpc) is 2.98. The van der Waals surface area contributed by atoms with Gasteiger partial charge in [-0.25, -0.2) is 9.78 Å². The van der Waals surface area contributed by atoms with Crippen molar-refractivity contribution in [3.8, 4) is 0 Å². The summed E-state index contributed by atoms with van der Waals surface area (Å²) >= 11 is 0.932. The molecule has 30 heavy (non-hydrogen) atoms. The Morgan fingerprint density at radius 2 is 2.07 bits per heavy atom. The van der Waals surface area contributed by atoms with E-state index < -0.39 is 10.9 Å². The zero-order valence-electron chi connectivity index (χ0n) is 16.8. The maximum absolute atomic E-state index is 11.9. The topological polar surface area (TPSA) is 125 Å². The highest BCUT2D eigenvalue weighted by Crippen LogP contribution is 2.33. The molecule has 1 saturated heterocycles. The third-order valence-corrected chi connectivity index (χ3v) is 5.74. The summed E-state index contributed by atoms with van der Waals surface area (Å²) in [7, 11) is 0. The fraction of sp³-hybridized carbons (Fsp3) is 0.450. The second kappa shape index (κ2) is 10.2. The van der Waals surface area contributed by atoms with Crippen LogP contribution in [0.3, 0.4) is 0 Å². The zero-order valence-corrected chi connectivity index (χ0v) is 17.7. The molecule has 160 valence electrons. The van der Waals surface area contributed by atoms with E-state index in [1.54, 1.807) is 6.07 Å². The first kappa shape index (κ1) is 21.8. The van der Waals surface area contributed by atoms with Crippen LogP contribution in [-0.4, -0.2) is 44.3 Å². The minimum Gasteiger partial charge on any atom is -0.477 e. The fourth-order valence-electron chi connectivity index (χ4n) is 3.42. The summed E-state index contributed by atoms with van der Waals surface area (Å²) in [5.74, 6) is -0.430. The number of aromatic nitrogens is 3. The minimum absolute atomic E-state index is 0.00798. The number of non-ortho nitro benzene ring substituents is 1. The van der Waals surface area contributed by atoms with Gasteiger partial charge in [0.25, 0.3) is 5.69 Å². The van der Waals surface area contributed by atoms with Crippen molar-refractivity contribution >= 4 is 35.2 Å². The summed E-state index contributed by atoms with van der Waals surface area (Å²) in [6.45, 7) is 3.70. The molecule has 1 fully saturated rings. The van der Waals surface area contributed by atoms with Crippen molar-refractivity contribution in [3.63, 3.8) is 0 Å². The molecule has 1 aliphatic rings. The monoisotopic (exact) mass is 431 g/mol. The number of anilines is 1. The first-order valence-corrected chi connectivity index (χ1v) is 10.9. The minimum atomic E-state index is -1.13. The van der Waals surface area contributed by atoms with E-state index in [4.69, 9.17) is 0 Å². The molecule has 1 aromatic carbocycles. The number of nitrogens with zero attached hydrogens (tertiary/aromatic N) is 4. The number of thioether (sulfide) groups is 1. The highest BCUT2D eigenvalue weighted by atomic mass is 32.2. The number of aliphatic carboxylic acids is 1. The number of hydrogen-bond acceptors (Lipinski definition) is 7. The second-order valence-electron chi connectivity index (χ2n) is 7.13. The summed E-state index contributed by atoms with van der Waals surface area (Å²) in [5, 5.41) is 28.2. The summed E-state index contributed by atoms with van der Waals surface area (Å²) in [5.41, 5.74) is 1.25. The van der Waals surface area contributed by atoms with Gasteiger partial charge in [-0.05, 0) is 43.2 Å². The Labute approximate surface area is 178 Å². The molecule has 10 heteroatoms. The SMILES string of the molecule is CCCc1nc(S/C(=C/c2cc([N+](=O)[O-])ccc2N2CCCCCC2)C(=O)O)n[nH]1. The van der Waals surface area contributed by atoms with Crippen molar-refractivity contribution in [1.82, 2.24) is 15.2 Å². The molecule has 1 aliphatic heterocycles. The van der Waals surface area contributed by atoms with Gasteiger partial charge < -0.3 is 10.0 Å². The Morgan fingerprint density at radius 1 is 1.33 bits per heavy atom. The lowest BCUT2D eigenvalue weighted by Gasteiger charge is -2.24. The third kappa shape index (κ3) is 5.59. The predicted octanol–water partition coefficient (Wildman–Crippen LogP) is 4.26. The highest BCUT2D eigenvalue weighted by molar-refractivity contribution is 8.04. The smallest absolute Gasteiger partial charge is 0.342 e. The Morgan fingerprint density at radius 3 is 2.70 bits per heavy atom. The van der Waals surface area contributed by atoms with Crippen molar-refractivity contribution in [3.05, 3.63) is 44.6 Å². The summed E-state index contributed by atoms with van der Waals surface area (Å²) in [6.07, 6.45) is 7.48. The lowest BCUT2D eigenvalue weighted by molar-refractivity contribution is -0.384. The van der Waals surface area contributed by atoms with E-state index in [1.165, 1.54) is 18.2 Å². The summed E-state index contributed by atoms with van der Waals surface area (Å²) in [6, 6.07) is 4.62. The van der Waals surface area contributed by atoms with Crippen LogP contribution in [-0.2, 0) is 11.2 Å². The molecule has 2 N–H and O–H groups in total. The lowest BCUT2D eigenvalue weighted by atomic mass is 10.1. The Balaban J connectivity index is 1.97. The number of rotatable bonds is 8. The molecule has 0 unspecified atom stereocenters. The van der Waals surface area contributed by atoms with Gasteiger partial charge in [0, 0.05) is 42.9 Å². The maximum Gasteiger partial charge on any atom is 0.342 e. The van der Waals surface area contributed by atoms with Gasteiger partial charge in [0.2, 0.25) is 5.16 Å². The van der Waals surface area contributed by atoms with Crippen LogP contribution in [0.1, 0.15) is 50.4 Å². The van der Waals surface area contributed by atoms with Gasteiger partial charge in [-0.15, -0.1) is 5.10 Å². The predicted molar refractivity (Wildman–Crippen MR) is 116 cm³/mol. The molecule has 0 amide bonds. The van der Waals surface area contributed by atoms with Crippen molar-refractivity contribution in [2.75, 3.05) is 18.0 Å². The molecule has 0 saturated carbocycles. The van der Waals surface area contributed by atoms with E-state index in [1.807, 2.05) is 6.92 Å². The third-order valence-electron chi connectivity index (χ3n) is 4.87. The quantitative estimate of drug-likeness (QED) is 0.275. The highest BCUT2D eigenvalue weighted by Gasteiger charge is 2.19. The van der Waals surface area contributed by atoms with Crippen LogP contribution < -0.4 is 4.90 Å². The van der Waals surface area contributed by atoms with Crippen molar-refractivity contribution in [2.24, 2.45) is 0 Å². The molecular formula is C20H25N5O4S. The van der Waals surface area contributed by atoms with Crippen LogP contribution >= 0.6 is 11.8 Å². The van der Waals surface area contributed by atoms with Crippen molar-refractivity contribution in [1.29, 1.82) is 0 Å². The largest absolute Gasteiger partial charge is 0.477 e. The zero-order chi connectivity index (χ0) is 21.5. The number of benzene rings is 1. The van der Waals surface area contributed by atoms with Gasteiger partial charge in [0.15, 0.2) is 0 Å². The van der Waals surface area contributed by atoms with Gasteiger partial charge in [-0.2, -0.15) is 0 Å². The normalized spacial score (nSPS) is 15.1. The molecule has 0 aliphatic carbocycles. The van der Waals surface area contributed by atoms with Crippen LogP contribution in [0.15, 0.2) is 28.3 Å². The van der Waals surface area contributed by atoms with E-state index >= 15 is 0 Å².